The Labute approximate surface area is 110 Å². The van der Waals surface area contributed by atoms with Gasteiger partial charge in [-0.25, -0.2) is 0 Å². The summed E-state index contributed by atoms with van der Waals surface area (Å²) in [6, 6.07) is 2.00. The third kappa shape index (κ3) is 4.31. The third-order valence-corrected chi connectivity index (χ3v) is 2.34. The van der Waals surface area contributed by atoms with Crippen molar-refractivity contribution in [1.82, 2.24) is 0 Å². The van der Waals surface area contributed by atoms with Crippen LogP contribution >= 0.6 is 0 Å². The lowest BCUT2D eigenvalue weighted by Gasteiger charge is -2.19. The first-order valence-corrected chi connectivity index (χ1v) is 6.01. The van der Waals surface area contributed by atoms with Gasteiger partial charge < -0.3 is 15.2 Å². The summed E-state index contributed by atoms with van der Waals surface area (Å²) in [5.74, 6) is 0.684. The van der Waals surface area contributed by atoms with E-state index in [-0.39, 0.29) is 17.4 Å². The van der Waals surface area contributed by atoms with Crippen LogP contribution in [0, 0.1) is 0 Å². The molecule has 19 heavy (non-hydrogen) atoms. The molecule has 0 unspecified atom stereocenters. The summed E-state index contributed by atoms with van der Waals surface area (Å²) in [7, 11) is 0. The van der Waals surface area contributed by atoms with Crippen LogP contribution in [-0.4, -0.2) is 18.9 Å². The molecule has 0 amide bonds. The lowest BCUT2D eigenvalue weighted by molar-refractivity contribution is -0.149. The minimum atomic E-state index is -4.48. The van der Waals surface area contributed by atoms with E-state index >= 15 is 0 Å². The standard InChI is InChI=1S/C13H18F3NO2/c1-4-18-11-7-9(12(17)13(14,15)16)5-6-10(11)19-8(2)3/h5-8,12H,4,17H2,1-3H3/t12-/m1/s1. The lowest BCUT2D eigenvalue weighted by atomic mass is 10.1. The highest BCUT2D eigenvalue weighted by molar-refractivity contribution is 5.44. The summed E-state index contributed by atoms with van der Waals surface area (Å²) in [4.78, 5) is 0. The summed E-state index contributed by atoms with van der Waals surface area (Å²) in [6.07, 6.45) is -4.58. The second kappa shape index (κ2) is 6.14. The molecular weight excluding hydrogens is 259 g/mol. The molecule has 1 aromatic carbocycles. The van der Waals surface area contributed by atoms with Gasteiger partial charge in [0.15, 0.2) is 11.5 Å². The molecule has 0 saturated carbocycles. The number of nitrogens with two attached hydrogens (primary N) is 1. The molecule has 1 rings (SSSR count). The average Bonchev–Trinajstić information content (AvgIpc) is 2.29. The number of halogens is 3. The minimum absolute atomic E-state index is 0.0490. The first-order valence-electron chi connectivity index (χ1n) is 6.01. The summed E-state index contributed by atoms with van der Waals surface area (Å²) in [5.41, 5.74) is 5.12. The van der Waals surface area contributed by atoms with Crippen LogP contribution in [0.2, 0.25) is 0 Å². The van der Waals surface area contributed by atoms with Gasteiger partial charge in [-0.15, -0.1) is 0 Å². The SMILES string of the molecule is CCOc1cc([C@@H](N)C(F)(F)F)ccc1OC(C)C. The van der Waals surface area contributed by atoms with Gasteiger partial charge in [0.05, 0.1) is 12.7 Å². The largest absolute Gasteiger partial charge is 0.490 e. The zero-order valence-corrected chi connectivity index (χ0v) is 11.1. The van der Waals surface area contributed by atoms with Crippen LogP contribution < -0.4 is 15.2 Å². The van der Waals surface area contributed by atoms with Crippen molar-refractivity contribution in [2.45, 2.75) is 39.1 Å². The van der Waals surface area contributed by atoms with E-state index in [0.717, 1.165) is 0 Å². The highest BCUT2D eigenvalue weighted by Crippen LogP contribution is 2.36. The Morgan fingerprint density at radius 1 is 1.21 bits per heavy atom. The van der Waals surface area contributed by atoms with Crippen LogP contribution in [0.1, 0.15) is 32.4 Å². The maximum atomic E-state index is 12.6. The van der Waals surface area contributed by atoms with Crippen molar-refractivity contribution in [3.63, 3.8) is 0 Å². The molecule has 0 radical (unpaired) electrons. The minimum Gasteiger partial charge on any atom is -0.490 e. The van der Waals surface area contributed by atoms with Gasteiger partial charge in [0, 0.05) is 0 Å². The second-order valence-corrected chi connectivity index (χ2v) is 4.33. The quantitative estimate of drug-likeness (QED) is 0.896. The summed E-state index contributed by atoms with van der Waals surface area (Å²) in [6.45, 7) is 5.73. The van der Waals surface area contributed by atoms with Crippen LogP contribution in [0.15, 0.2) is 18.2 Å². The predicted molar refractivity (Wildman–Crippen MR) is 66.4 cm³/mol. The van der Waals surface area contributed by atoms with Gasteiger partial charge in [0.1, 0.15) is 6.04 Å². The molecule has 2 N–H and O–H groups in total. The molecular formula is C13H18F3NO2. The Morgan fingerprint density at radius 2 is 1.84 bits per heavy atom. The van der Waals surface area contributed by atoms with Crippen molar-refractivity contribution < 1.29 is 22.6 Å². The first kappa shape index (κ1) is 15.6. The fourth-order valence-electron chi connectivity index (χ4n) is 1.53. The number of rotatable bonds is 5. The van der Waals surface area contributed by atoms with E-state index in [1.165, 1.54) is 18.2 Å². The summed E-state index contributed by atoms with van der Waals surface area (Å²) < 4.78 is 48.5. The molecule has 0 aliphatic heterocycles. The van der Waals surface area contributed by atoms with Crippen molar-refractivity contribution >= 4 is 0 Å². The van der Waals surface area contributed by atoms with Crippen LogP contribution in [0.5, 0.6) is 11.5 Å². The molecule has 0 aliphatic carbocycles. The lowest BCUT2D eigenvalue weighted by Crippen LogP contribution is -2.28. The number of hydrogen-bond acceptors (Lipinski definition) is 3. The van der Waals surface area contributed by atoms with Crippen molar-refractivity contribution in [2.75, 3.05) is 6.61 Å². The molecule has 108 valence electrons. The van der Waals surface area contributed by atoms with E-state index in [4.69, 9.17) is 15.2 Å². The van der Waals surface area contributed by atoms with Gasteiger partial charge in [-0.05, 0) is 38.5 Å². The van der Waals surface area contributed by atoms with Gasteiger partial charge in [-0.2, -0.15) is 13.2 Å². The van der Waals surface area contributed by atoms with Gasteiger partial charge in [-0.3, -0.25) is 0 Å². The average molecular weight is 277 g/mol. The molecule has 0 spiro atoms. The number of ether oxygens (including phenoxy) is 2. The molecule has 1 aromatic rings. The molecule has 0 aliphatic rings. The van der Waals surface area contributed by atoms with E-state index in [2.05, 4.69) is 0 Å². The van der Waals surface area contributed by atoms with Gasteiger partial charge in [0.25, 0.3) is 0 Å². The first-order chi connectivity index (χ1) is 8.75. The Bertz CT molecular complexity index is 419. The molecule has 0 heterocycles. The van der Waals surface area contributed by atoms with E-state index in [9.17, 15) is 13.2 Å². The molecule has 0 aromatic heterocycles. The maximum Gasteiger partial charge on any atom is 0.407 e. The molecule has 0 fully saturated rings. The normalized spacial score (nSPS) is 13.5. The smallest absolute Gasteiger partial charge is 0.407 e. The topological polar surface area (TPSA) is 44.5 Å². The fraction of sp³-hybridized carbons (Fsp3) is 0.538. The van der Waals surface area contributed by atoms with E-state index in [0.29, 0.717) is 12.4 Å². The summed E-state index contributed by atoms with van der Waals surface area (Å²) >= 11 is 0. The van der Waals surface area contributed by atoms with Crippen molar-refractivity contribution in [1.29, 1.82) is 0 Å². The highest BCUT2D eigenvalue weighted by atomic mass is 19.4. The number of hydrogen-bond donors (Lipinski definition) is 1. The Balaban J connectivity index is 3.08. The summed E-state index contributed by atoms with van der Waals surface area (Å²) in [5, 5.41) is 0. The van der Waals surface area contributed by atoms with Crippen LogP contribution in [0.4, 0.5) is 13.2 Å². The van der Waals surface area contributed by atoms with E-state index in [1.54, 1.807) is 6.92 Å². The van der Waals surface area contributed by atoms with Crippen molar-refractivity contribution in [3.05, 3.63) is 23.8 Å². The second-order valence-electron chi connectivity index (χ2n) is 4.33. The third-order valence-electron chi connectivity index (χ3n) is 2.34. The fourth-order valence-corrected chi connectivity index (χ4v) is 1.53. The number of benzene rings is 1. The predicted octanol–water partition coefficient (Wildman–Crippen LogP) is 3.43. The molecule has 1 atom stereocenters. The van der Waals surface area contributed by atoms with Crippen molar-refractivity contribution in [3.8, 4) is 11.5 Å². The molecule has 6 heteroatoms. The zero-order valence-electron chi connectivity index (χ0n) is 11.1. The monoisotopic (exact) mass is 277 g/mol. The maximum absolute atomic E-state index is 12.6. The van der Waals surface area contributed by atoms with Gasteiger partial charge in [0.2, 0.25) is 0 Å². The van der Waals surface area contributed by atoms with Gasteiger partial charge >= 0.3 is 6.18 Å². The Morgan fingerprint density at radius 3 is 2.32 bits per heavy atom. The van der Waals surface area contributed by atoms with Crippen LogP contribution in [-0.2, 0) is 0 Å². The van der Waals surface area contributed by atoms with E-state index < -0.39 is 12.2 Å². The Hall–Kier alpha value is -1.43. The van der Waals surface area contributed by atoms with Crippen LogP contribution in [0.3, 0.4) is 0 Å². The Kier molecular flexibility index (Phi) is 5.05. The molecule has 3 nitrogen and oxygen atoms in total. The molecule has 0 saturated heterocycles. The highest BCUT2D eigenvalue weighted by Gasteiger charge is 2.38. The van der Waals surface area contributed by atoms with Gasteiger partial charge in [-0.1, -0.05) is 6.07 Å². The van der Waals surface area contributed by atoms with E-state index in [1.807, 2.05) is 13.8 Å². The zero-order chi connectivity index (χ0) is 14.6. The molecule has 0 bridgehead atoms. The van der Waals surface area contributed by atoms with Crippen molar-refractivity contribution in [2.24, 2.45) is 5.73 Å². The van der Waals surface area contributed by atoms with Crippen LogP contribution in [0.25, 0.3) is 0 Å². The number of alkyl halides is 3.